The maximum atomic E-state index is 12.2. The van der Waals surface area contributed by atoms with Crippen LogP contribution in [0.3, 0.4) is 0 Å². The first-order valence-electron chi connectivity index (χ1n) is 7.10. The predicted octanol–water partition coefficient (Wildman–Crippen LogP) is 1.04. The molecule has 122 valence electrons. The van der Waals surface area contributed by atoms with Crippen molar-refractivity contribution in [3.8, 4) is 5.75 Å². The number of sulfonamides is 1. The highest BCUT2D eigenvalue weighted by Gasteiger charge is 2.46. The van der Waals surface area contributed by atoms with Gasteiger partial charge in [-0.2, -0.15) is 5.10 Å². The number of amides is 1. The van der Waals surface area contributed by atoms with E-state index >= 15 is 0 Å². The zero-order chi connectivity index (χ0) is 16.6. The number of rotatable bonds is 5. The Balaban J connectivity index is 1.71. The van der Waals surface area contributed by atoms with E-state index in [4.69, 9.17) is 4.74 Å². The molecule has 0 saturated heterocycles. The molecule has 1 aromatic heterocycles. The number of nitrogens with zero attached hydrogens (tertiary/aromatic N) is 2. The van der Waals surface area contributed by atoms with Crippen LogP contribution in [0.1, 0.15) is 17.9 Å². The van der Waals surface area contributed by atoms with E-state index in [0.717, 1.165) is 5.56 Å². The molecule has 2 unspecified atom stereocenters. The molecule has 3 rings (SSSR count). The Bertz CT molecular complexity index is 844. The standard InChI is InChI=1S/C15H17N3O4S/c1-18-9-10(8-16-18)23(20,21)17-15(19)13-7-12(13)11-5-3-4-6-14(11)22-2/h3-6,8-9,12-13H,7H2,1-2H3,(H,17,19). The van der Waals surface area contributed by atoms with Crippen LogP contribution in [0.2, 0.25) is 0 Å². The fraction of sp³-hybridized carbons (Fsp3) is 0.333. The second-order valence-corrected chi connectivity index (χ2v) is 7.19. The molecule has 1 aromatic carbocycles. The second kappa shape index (κ2) is 5.69. The molecule has 0 spiro atoms. The number of aryl methyl sites for hydroxylation is 1. The lowest BCUT2D eigenvalue weighted by Crippen LogP contribution is -2.32. The predicted molar refractivity (Wildman–Crippen MR) is 82.4 cm³/mol. The van der Waals surface area contributed by atoms with Crippen molar-refractivity contribution < 1.29 is 17.9 Å². The van der Waals surface area contributed by atoms with E-state index in [0.29, 0.717) is 12.2 Å². The minimum Gasteiger partial charge on any atom is -0.496 e. The number of carbonyl (C=O) groups excluding carboxylic acids is 1. The lowest BCUT2D eigenvalue weighted by Gasteiger charge is -2.08. The molecule has 1 saturated carbocycles. The van der Waals surface area contributed by atoms with E-state index in [1.165, 1.54) is 17.1 Å². The lowest BCUT2D eigenvalue weighted by molar-refractivity contribution is -0.120. The van der Waals surface area contributed by atoms with Gasteiger partial charge < -0.3 is 4.74 Å². The number of hydrogen-bond acceptors (Lipinski definition) is 5. The van der Waals surface area contributed by atoms with E-state index in [1.807, 2.05) is 24.3 Å². The summed E-state index contributed by atoms with van der Waals surface area (Å²) in [6.45, 7) is 0. The average molecular weight is 335 g/mol. The molecular formula is C15H17N3O4S. The van der Waals surface area contributed by atoms with Crippen LogP contribution in [0.4, 0.5) is 0 Å². The molecular weight excluding hydrogens is 318 g/mol. The van der Waals surface area contributed by atoms with Crippen molar-refractivity contribution in [2.24, 2.45) is 13.0 Å². The van der Waals surface area contributed by atoms with Crippen LogP contribution >= 0.6 is 0 Å². The summed E-state index contributed by atoms with van der Waals surface area (Å²) in [5.41, 5.74) is 0.925. The van der Waals surface area contributed by atoms with Gasteiger partial charge >= 0.3 is 0 Å². The molecule has 0 bridgehead atoms. The topological polar surface area (TPSA) is 90.3 Å². The van der Waals surface area contributed by atoms with Crippen LogP contribution in [-0.2, 0) is 21.9 Å². The van der Waals surface area contributed by atoms with Gasteiger partial charge in [0, 0.05) is 19.2 Å². The third kappa shape index (κ3) is 3.07. The van der Waals surface area contributed by atoms with Gasteiger partial charge in [0.05, 0.1) is 13.3 Å². The number of aromatic nitrogens is 2. The van der Waals surface area contributed by atoms with E-state index in [9.17, 15) is 13.2 Å². The van der Waals surface area contributed by atoms with Gasteiger partial charge in [-0.15, -0.1) is 0 Å². The molecule has 1 aliphatic rings. The molecule has 2 atom stereocenters. The minimum absolute atomic E-state index is 0.0183. The first kappa shape index (κ1) is 15.5. The van der Waals surface area contributed by atoms with Crippen molar-refractivity contribution in [3.05, 3.63) is 42.2 Å². The van der Waals surface area contributed by atoms with Crippen molar-refractivity contribution in [3.63, 3.8) is 0 Å². The molecule has 23 heavy (non-hydrogen) atoms. The average Bonchev–Trinajstić information content (AvgIpc) is 3.20. The first-order chi connectivity index (χ1) is 10.9. The van der Waals surface area contributed by atoms with Gasteiger partial charge in [0.2, 0.25) is 5.91 Å². The number of hydrogen-bond donors (Lipinski definition) is 1. The maximum Gasteiger partial charge on any atom is 0.267 e. The first-order valence-corrected chi connectivity index (χ1v) is 8.59. The van der Waals surface area contributed by atoms with Crippen molar-refractivity contribution >= 4 is 15.9 Å². The van der Waals surface area contributed by atoms with Crippen LogP contribution in [0.25, 0.3) is 0 Å². The van der Waals surface area contributed by atoms with Gasteiger partial charge in [-0.1, -0.05) is 18.2 Å². The molecule has 7 nitrogen and oxygen atoms in total. The summed E-state index contributed by atoms with van der Waals surface area (Å²) < 4.78 is 33.1. The minimum atomic E-state index is -3.88. The molecule has 2 aromatic rings. The normalized spacial score (nSPS) is 20.1. The number of carbonyl (C=O) groups is 1. The number of ether oxygens (including phenoxy) is 1. The van der Waals surface area contributed by atoms with E-state index < -0.39 is 15.9 Å². The van der Waals surface area contributed by atoms with Crippen molar-refractivity contribution in [2.45, 2.75) is 17.2 Å². The molecule has 1 amide bonds. The smallest absolute Gasteiger partial charge is 0.267 e. The fourth-order valence-electron chi connectivity index (χ4n) is 2.61. The summed E-state index contributed by atoms with van der Waals surface area (Å²) in [5, 5.41) is 3.81. The Kier molecular flexibility index (Phi) is 3.85. The second-order valence-electron chi connectivity index (χ2n) is 5.51. The van der Waals surface area contributed by atoms with Gasteiger partial charge in [0.15, 0.2) is 0 Å². The zero-order valence-electron chi connectivity index (χ0n) is 12.8. The van der Waals surface area contributed by atoms with Crippen molar-refractivity contribution in [2.75, 3.05) is 7.11 Å². The third-order valence-electron chi connectivity index (χ3n) is 3.89. The van der Waals surface area contributed by atoms with E-state index in [1.54, 1.807) is 14.2 Å². The molecule has 8 heteroatoms. The third-order valence-corrected chi connectivity index (χ3v) is 5.19. The van der Waals surface area contributed by atoms with Gasteiger partial charge in [-0.3, -0.25) is 9.48 Å². The highest BCUT2D eigenvalue weighted by molar-refractivity contribution is 7.90. The monoisotopic (exact) mass is 335 g/mol. The summed E-state index contributed by atoms with van der Waals surface area (Å²) in [7, 11) is -0.696. The van der Waals surface area contributed by atoms with E-state index in [-0.39, 0.29) is 16.7 Å². The van der Waals surface area contributed by atoms with Crippen LogP contribution < -0.4 is 9.46 Å². The van der Waals surface area contributed by atoms with Gasteiger partial charge in [-0.05, 0) is 24.0 Å². The summed E-state index contributed by atoms with van der Waals surface area (Å²) in [6, 6.07) is 7.45. The Morgan fingerprint density at radius 2 is 2.13 bits per heavy atom. The molecule has 1 N–H and O–H groups in total. The van der Waals surface area contributed by atoms with Crippen LogP contribution in [0, 0.1) is 5.92 Å². The van der Waals surface area contributed by atoms with Gasteiger partial charge in [0.1, 0.15) is 10.6 Å². The largest absolute Gasteiger partial charge is 0.496 e. The summed E-state index contributed by atoms with van der Waals surface area (Å²) in [5.74, 6) is -0.166. The molecule has 0 aliphatic heterocycles. The summed E-state index contributed by atoms with van der Waals surface area (Å²) in [6.07, 6.45) is 3.16. The Labute approximate surface area is 134 Å². The van der Waals surface area contributed by atoms with Crippen molar-refractivity contribution in [1.82, 2.24) is 14.5 Å². The highest BCUT2D eigenvalue weighted by atomic mass is 32.2. The SMILES string of the molecule is COc1ccccc1C1CC1C(=O)NS(=O)(=O)c1cnn(C)c1. The number of para-hydroxylation sites is 1. The van der Waals surface area contributed by atoms with Crippen LogP contribution in [0.15, 0.2) is 41.6 Å². The van der Waals surface area contributed by atoms with Gasteiger partial charge in [-0.25, -0.2) is 13.1 Å². The van der Waals surface area contributed by atoms with E-state index in [2.05, 4.69) is 9.82 Å². The van der Waals surface area contributed by atoms with Crippen LogP contribution in [0.5, 0.6) is 5.75 Å². The summed E-state index contributed by atoms with van der Waals surface area (Å²) in [4.78, 5) is 12.2. The Morgan fingerprint density at radius 3 is 2.78 bits per heavy atom. The highest BCUT2D eigenvalue weighted by Crippen LogP contribution is 2.50. The molecule has 1 heterocycles. The number of methoxy groups -OCH3 is 1. The van der Waals surface area contributed by atoms with Crippen LogP contribution in [-0.4, -0.2) is 31.2 Å². The lowest BCUT2D eigenvalue weighted by atomic mass is 10.1. The number of nitrogens with one attached hydrogen (secondary N) is 1. The fourth-order valence-corrected chi connectivity index (χ4v) is 3.62. The molecule has 1 aliphatic carbocycles. The summed E-state index contributed by atoms with van der Waals surface area (Å²) >= 11 is 0. The number of benzene rings is 1. The Hall–Kier alpha value is -2.35. The zero-order valence-corrected chi connectivity index (χ0v) is 13.6. The maximum absolute atomic E-state index is 12.2. The molecule has 1 fully saturated rings. The quantitative estimate of drug-likeness (QED) is 0.881. The Morgan fingerprint density at radius 1 is 1.39 bits per heavy atom. The van der Waals surface area contributed by atoms with Gasteiger partial charge in [0.25, 0.3) is 10.0 Å². The molecule has 0 radical (unpaired) electrons. The van der Waals surface area contributed by atoms with Crippen molar-refractivity contribution in [1.29, 1.82) is 0 Å².